The fourth-order valence-corrected chi connectivity index (χ4v) is 1.57. The fourth-order valence-electron chi connectivity index (χ4n) is 1.57. The highest BCUT2D eigenvalue weighted by molar-refractivity contribution is 5.30. The van der Waals surface area contributed by atoms with Gasteiger partial charge in [0.15, 0.2) is 0 Å². The molecule has 0 aliphatic rings. The molecule has 0 fully saturated rings. The van der Waals surface area contributed by atoms with Gasteiger partial charge in [-0.15, -0.1) is 0 Å². The maximum atomic E-state index is 9.17. The van der Waals surface area contributed by atoms with Crippen molar-refractivity contribution in [1.82, 2.24) is 15.1 Å². The largest absolute Gasteiger partial charge is 0.394 e. The molecule has 0 spiro atoms. The second-order valence-corrected chi connectivity index (χ2v) is 4.98. The Balaban J connectivity index is 2.03. The summed E-state index contributed by atoms with van der Waals surface area (Å²) in [5, 5.41) is 16.9. The third-order valence-corrected chi connectivity index (χ3v) is 2.81. The normalized spacial score (nSPS) is 11.7. The van der Waals surface area contributed by atoms with E-state index >= 15 is 0 Å². The number of hydrogen-bond acceptors (Lipinski definition) is 3. The Kier molecular flexibility index (Phi) is 3.79. The summed E-state index contributed by atoms with van der Waals surface area (Å²) in [6.07, 6.45) is 1.94. The number of para-hydroxylation sites is 1. The van der Waals surface area contributed by atoms with E-state index in [1.165, 1.54) is 0 Å². The molecule has 0 bridgehead atoms. The number of rotatable bonds is 5. The van der Waals surface area contributed by atoms with E-state index in [1.807, 2.05) is 61.1 Å². The lowest BCUT2D eigenvalue weighted by molar-refractivity contribution is 0.187. The van der Waals surface area contributed by atoms with E-state index in [4.69, 9.17) is 5.11 Å². The van der Waals surface area contributed by atoms with Crippen LogP contribution in [-0.4, -0.2) is 27.0 Å². The Morgan fingerprint density at radius 2 is 1.94 bits per heavy atom. The van der Waals surface area contributed by atoms with Crippen molar-refractivity contribution in [2.45, 2.75) is 25.9 Å². The minimum absolute atomic E-state index is 0.104. The first-order valence-corrected chi connectivity index (χ1v) is 6.06. The van der Waals surface area contributed by atoms with E-state index < -0.39 is 0 Å². The topological polar surface area (TPSA) is 50.1 Å². The Hall–Kier alpha value is -1.65. The summed E-state index contributed by atoms with van der Waals surface area (Å²) in [5.74, 6) is 0. The van der Waals surface area contributed by atoms with Gasteiger partial charge in [-0.1, -0.05) is 18.2 Å². The molecule has 18 heavy (non-hydrogen) atoms. The van der Waals surface area contributed by atoms with Gasteiger partial charge in [0.2, 0.25) is 0 Å². The zero-order valence-corrected chi connectivity index (χ0v) is 10.8. The molecule has 1 aromatic heterocycles. The Morgan fingerprint density at radius 1 is 1.22 bits per heavy atom. The summed E-state index contributed by atoms with van der Waals surface area (Å²) >= 11 is 0. The van der Waals surface area contributed by atoms with Gasteiger partial charge in [0.25, 0.3) is 0 Å². The molecule has 0 radical (unpaired) electrons. The molecule has 4 nitrogen and oxygen atoms in total. The molecule has 2 N–H and O–H groups in total. The highest BCUT2D eigenvalue weighted by Gasteiger charge is 2.15. The lowest BCUT2D eigenvalue weighted by Gasteiger charge is -2.22. The van der Waals surface area contributed by atoms with Crippen LogP contribution in [0.3, 0.4) is 0 Å². The van der Waals surface area contributed by atoms with E-state index in [2.05, 4.69) is 10.4 Å². The molecule has 2 rings (SSSR count). The molecule has 0 amide bonds. The second kappa shape index (κ2) is 5.33. The first-order valence-electron chi connectivity index (χ1n) is 6.06. The van der Waals surface area contributed by atoms with Crippen molar-refractivity contribution in [3.8, 4) is 5.69 Å². The number of aromatic nitrogens is 2. The van der Waals surface area contributed by atoms with Crippen molar-refractivity contribution in [1.29, 1.82) is 0 Å². The third kappa shape index (κ3) is 3.18. The molecule has 1 aromatic carbocycles. The Morgan fingerprint density at radius 3 is 2.61 bits per heavy atom. The summed E-state index contributed by atoms with van der Waals surface area (Å²) in [7, 11) is 0. The molecule has 0 atom stereocenters. The lowest BCUT2D eigenvalue weighted by atomic mass is 10.1. The van der Waals surface area contributed by atoms with Gasteiger partial charge in [-0.2, -0.15) is 5.10 Å². The van der Waals surface area contributed by atoms with Crippen LogP contribution in [-0.2, 0) is 6.54 Å². The minimum Gasteiger partial charge on any atom is -0.394 e. The molecule has 96 valence electrons. The van der Waals surface area contributed by atoms with E-state index in [0.717, 1.165) is 11.4 Å². The summed E-state index contributed by atoms with van der Waals surface area (Å²) in [5.41, 5.74) is 1.72. The number of hydrogen-bond donors (Lipinski definition) is 2. The summed E-state index contributed by atoms with van der Waals surface area (Å²) in [6.45, 7) is 4.67. The Bertz CT molecular complexity index is 491. The molecule has 0 saturated carbocycles. The van der Waals surface area contributed by atoms with Gasteiger partial charge in [0, 0.05) is 18.3 Å². The SMILES string of the molecule is CC(C)(CO)NCc1ccn(-c2ccccc2)n1. The molecule has 1 heterocycles. The first-order chi connectivity index (χ1) is 8.61. The molecular weight excluding hydrogens is 226 g/mol. The fraction of sp³-hybridized carbons (Fsp3) is 0.357. The lowest BCUT2D eigenvalue weighted by Crippen LogP contribution is -2.42. The van der Waals surface area contributed by atoms with E-state index in [-0.39, 0.29) is 12.1 Å². The van der Waals surface area contributed by atoms with E-state index in [0.29, 0.717) is 6.54 Å². The van der Waals surface area contributed by atoms with Crippen LogP contribution in [0.4, 0.5) is 0 Å². The standard InChI is InChI=1S/C14H19N3O/c1-14(2,11-18)15-10-12-8-9-17(16-12)13-6-4-3-5-7-13/h3-9,15,18H,10-11H2,1-2H3. The van der Waals surface area contributed by atoms with Crippen molar-refractivity contribution >= 4 is 0 Å². The highest BCUT2D eigenvalue weighted by atomic mass is 16.3. The predicted molar refractivity (Wildman–Crippen MR) is 71.6 cm³/mol. The molecule has 0 aliphatic heterocycles. The summed E-state index contributed by atoms with van der Waals surface area (Å²) in [4.78, 5) is 0. The van der Waals surface area contributed by atoms with Crippen molar-refractivity contribution in [3.05, 3.63) is 48.3 Å². The third-order valence-electron chi connectivity index (χ3n) is 2.81. The van der Waals surface area contributed by atoms with Gasteiger partial charge in [0.05, 0.1) is 18.0 Å². The van der Waals surface area contributed by atoms with E-state index in [1.54, 1.807) is 0 Å². The second-order valence-electron chi connectivity index (χ2n) is 4.98. The van der Waals surface area contributed by atoms with Crippen molar-refractivity contribution in [2.24, 2.45) is 0 Å². The quantitative estimate of drug-likeness (QED) is 0.843. The van der Waals surface area contributed by atoms with Crippen molar-refractivity contribution in [2.75, 3.05) is 6.61 Å². The average molecular weight is 245 g/mol. The van der Waals surface area contributed by atoms with Crippen LogP contribution in [0.2, 0.25) is 0 Å². The molecule has 2 aromatic rings. The van der Waals surface area contributed by atoms with Crippen LogP contribution >= 0.6 is 0 Å². The summed E-state index contributed by atoms with van der Waals surface area (Å²) < 4.78 is 1.85. The zero-order valence-electron chi connectivity index (χ0n) is 10.8. The van der Waals surface area contributed by atoms with Crippen LogP contribution in [0.5, 0.6) is 0 Å². The van der Waals surface area contributed by atoms with Gasteiger partial charge in [-0.05, 0) is 32.0 Å². The number of nitrogens with zero attached hydrogens (tertiary/aromatic N) is 2. The molecule has 0 saturated heterocycles. The molecule has 0 unspecified atom stereocenters. The van der Waals surface area contributed by atoms with Gasteiger partial charge >= 0.3 is 0 Å². The van der Waals surface area contributed by atoms with Crippen LogP contribution in [0.25, 0.3) is 5.69 Å². The van der Waals surface area contributed by atoms with E-state index in [9.17, 15) is 0 Å². The zero-order chi connectivity index (χ0) is 13.0. The van der Waals surface area contributed by atoms with Crippen LogP contribution in [0.1, 0.15) is 19.5 Å². The van der Waals surface area contributed by atoms with Crippen LogP contribution in [0, 0.1) is 0 Å². The maximum absolute atomic E-state index is 9.17. The molecule has 4 heteroatoms. The number of nitrogens with one attached hydrogen (secondary N) is 1. The number of aliphatic hydroxyl groups excluding tert-OH is 1. The highest BCUT2D eigenvalue weighted by Crippen LogP contribution is 2.08. The smallest absolute Gasteiger partial charge is 0.0767 e. The van der Waals surface area contributed by atoms with Crippen LogP contribution in [0.15, 0.2) is 42.6 Å². The molecular formula is C14H19N3O. The van der Waals surface area contributed by atoms with Gasteiger partial charge in [-0.3, -0.25) is 0 Å². The van der Waals surface area contributed by atoms with Gasteiger partial charge in [-0.25, -0.2) is 4.68 Å². The molecule has 0 aliphatic carbocycles. The van der Waals surface area contributed by atoms with Crippen molar-refractivity contribution in [3.63, 3.8) is 0 Å². The maximum Gasteiger partial charge on any atom is 0.0767 e. The van der Waals surface area contributed by atoms with Gasteiger partial charge < -0.3 is 10.4 Å². The monoisotopic (exact) mass is 245 g/mol. The number of benzene rings is 1. The average Bonchev–Trinajstić information content (AvgIpc) is 2.86. The Labute approximate surface area is 107 Å². The van der Waals surface area contributed by atoms with Gasteiger partial charge in [0.1, 0.15) is 0 Å². The summed E-state index contributed by atoms with van der Waals surface area (Å²) in [6, 6.07) is 12.0. The predicted octanol–water partition coefficient (Wildman–Crippen LogP) is 1.73. The van der Waals surface area contributed by atoms with Crippen LogP contribution < -0.4 is 5.32 Å². The first kappa shape index (κ1) is 12.8. The van der Waals surface area contributed by atoms with Crippen molar-refractivity contribution < 1.29 is 5.11 Å². The minimum atomic E-state index is -0.281. The number of aliphatic hydroxyl groups is 1.